The maximum Gasteiger partial charge on any atom is 0.222 e. The van der Waals surface area contributed by atoms with Gasteiger partial charge < -0.3 is 10.4 Å². The van der Waals surface area contributed by atoms with Gasteiger partial charge in [-0.05, 0) is 31.2 Å². The molecule has 2 fully saturated rings. The number of nitrogens with zero attached hydrogens (tertiary/aromatic N) is 3. The second-order valence-electron chi connectivity index (χ2n) is 7.75. The number of aromatic nitrogens is 2. The summed E-state index contributed by atoms with van der Waals surface area (Å²) < 4.78 is 0. The van der Waals surface area contributed by atoms with Crippen molar-refractivity contribution in [3.05, 3.63) is 53.9 Å². The molecule has 2 saturated heterocycles. The van der Waals surface area contributed by atoms with Crippen molar-refractivity contribution in [2.75, 3.05) is 11.9 Å². The molecule has 3 heterocycles. The summed E-state index contributed by atoms with van der Waals surface area (Å²) in [5.41, 5.74) is 2.46. The molecule has 138 valence electrons. The van der Waals surface area contributed by atoms with Gasteiger partial charge in [0.05, 0.1) is 6.61 Å². The Morgan fingerprint density at radius 1 is 1.15 bits per heavy atom. The number of rotatable bonds is 7. The Morgan fingerprint density at radius 3 is 2.58 bits per heavy atom. The van der Waals surface area contributed by atoms with Gasteiger partial charge >= 0.3 is 0 Å². The van der Waals surface area contributed by atoms with Crippen LogP contribution in [0.25, 0.3) is 0 Å². The first kappa shape index (κ1) is 17.4. The minimum absolute atomic E-state index is 0.0982. The van der Waals surface area contributed by atoms with Crippen molar-refractivity contribution in [3.63, 3.8) is 0 Å². The molecular formula is C21H28N4O. The zero-order valence-electron chi connectivity index (χ0n) is 15.4. The summed E-state index contributed by atoms with van der Waals surface area (Å²) >= 11 is 0. The van der Waals surface area contributed by atoms with Crippen molar-refractivity contribution in [2.24, 2.45) is 5.41 Å². The van der Waals surface area contributed by atoms with E-state index in [1.165, 1.54) is 18.4 Å². The standard InChI is InChI=1S/C21H28N4O/c1-2-21(15-26)10-18-8-9-19(21)25(18)14-17-12-23-20(24-13-17)22-11-16-6-4-3-5-7-16/h3-7,12-13,18-19,26H,2,8-11,14-15H2,1H3,(H,22,23,24)/t18-,19+,21-/m0/s1. The lowest BCUT2D eigenvalue weighted by atomic mass is 9.72. The van der Waals surface area contributed by atoms with Gasteiger partial charge in [0.15, 0.2) is 0 Å². The van der Waals surface area contributed by atoms with Gasteiger partial charge in [-0.2, -0.15) is 0 Å². The molecule has 26 heavy (non-hydrogen) atoms. The van der Waals surface area contributed by atoms with Gasteiger partial charge in [-0.15, -0.1) is 0 Å². The topological polar surface area (TPSA) is 61.3 Å². The lowest BCUT2D eigenvalue weighted by Gasteiger charge is -2.35. The average molecular weight is 352 g/mol. The molecule has 0 aliphatic carbocycles. The molecule has 2 aromatic rings. The molecule has 5 nitrogen and oxygen atoms in total. The maximum atomic E-state index is 9.95. The van der Waals surface area contributed by atoms with Crippen molar-refractivity contribution in [1.82, 2.24) is 14.9 Å². The highest BCUT2D eigenvalue weighted by molar-refractivity contribution is 5.28. The van der Waals surface area contributed by atoms with Crippen LogP contribution in [-0.2, 0) is 13.1 Å². The van der Waals surface area contributed by atoms with Crippen LogP contribution in [-0.4, -0.2) is 38.7 Å². The largest absolute Gasteiger partial charge is 0.396 e. The van der Waals surface area contributed by atoms with Gasteiger partial charge in [0.25, 0.3) is 0 Å². The fraction of sp³-hybridized carbons (Fsp3) is 0.524. The zero-order chi connectivity index (χ0) is 18.0. The Labute approximate surface area is 155 Å². The number of aliphatic hydroxyl groups excluding tert-OH is 1. The van der Waals surface area contributed by atoms with E-state index in [0.717, 1.165) is 31.5 Å². The lowest BCUT2D eigenvalue weighted by molar-refractivity contribution is 0.0713. The molecule has 2 bridgehead atoms. The van der Waals surface area contributed by atoms with Crippen molar-refractivity contribution < 1.29 is 5.11 Å². The van der Waals surface area contributed by atoms with Gasteiger partial charge in [0.2, 0.25) is 5.95 Å². The summed E-state index contributed by atoms with van der Waals surface area (Å²) in [4.78, 5) is 11.5. The van der Waals surface area contributed by atoms with Gasteiger partial charge in [0.1, 0.15) is 0 Å². The number of nitrogens with one attached hydrogen (secondary N) is 1. The van der Waals surface area contributed by atoms with Crippen molar-refractivity contribution in [3.8, 4) is 0 Å². The van der Waals surface area contributed by atoms with Crippen LogP contribution in [0.1, 0.15) is 43.7 Å². The highest BCUT2D eigenvalue weighted by Gasteiger charge is 2.54. The number of benzene rings is 1. The number of hydrogen-bond acceptors (Lipinski definition) is 5. The Bertz CT molecular complexity index is 715. The molecule has 1 aromatic carbocycles. The van der Waals surface area contributed by atoms with E-state index in [9.17, 15) is 5.11 Å². The van der Waals surface area contributed by atoms with E-state index < -0.39 is 0 Å². The van der Waals surface area contributed by atoms with E-state index >= 15 is 0 Å². The maximum absolute atomic E-state index is 9.95. The zero-order valence-corrected chi connectivity index (χ0v) is 15.4. The summed E-state index contributed by atoms with van der Waals surface area (Å²) in [6.45, 7) is 4.13. The smallest absolute Gasteiger partial charge is 0.222 e. The predicted octanol–water partition coefficient (Wildman–Crippen LogP) is 3.21. The summed E-state index contributed by atoms with van der Waals surface area (Å²) in [6, 6.07) is 11.4. The summed E-state index contributed by atoms with van der Waals surface area (Å²) in [6.07, 6.45) is 8.51. The van der Waals surface area contributed by atoms with Crippen molar-refractivity contribution >= 4 is 5.95 Å². The van der Waals surface area contributed by atoms with E-state index in [1.54, 1.807) is 0 Å². The van der Waals surface area contributed by atoms with E-state index in [-0.39, 0.29) is 5.41 Å². The van der Waals surface area contributed by atoms with Gasteiger partial charge in [0, 0.05) is 48.5 Å². The molecular weight excluding hydrogens is 324 g/mol. The first-order chi connectivity index (χ1) is 12.7. The Hall–Kier alpha value is -1.98. The van der Waals surface area contributed by atoms with Crippen molar-refractivity contribution in [1.29, 1.82) is 0 Å². The summed E-state index contributed by atoms with van der Waals surface area (Å²) in [5, 5.41) is 13.2. The Kier molecular flexibility index (Phi) is 4.92. The molecule has 0 unspecified atom stereocenters. The van der Waals surface area contributed by atoms with Crippen LogP contribution in [0.15, 0.2) is 42.7 Å². The Morgan fingerprint density at radius 2 is 1.92 bits per heavy atom. The molecule has 0 saturated carbocycles. The molecule has 1 aromatic heterocycles. The van der Waals surface area contributed by atoms with Crippen LogP contribution in [0, 0.1) is 5.41 Å². The van der Waals surface area contributed by atoms with E-state index in [2.05, 4.69) is 39.2 Å². The van der Waals surface area contributed by atoms with E-state index in [1.807, 2.05) is 30.6 Å². The Balaban J connectivity index is 1.37. The quantitative estimate of drug-likeness (QED) is 0.801. The predicted molar refractivity (Wildman–Crippen MR) is 103 cm³/mol. The average Bonchev–Trinajstić information content (AvgIpc) is 3.23. The fourth-order valence-corrected chi connectivity index (χ4v) is 4.84. The third-order valence-electron chi connectivity index (χ3n) is 6.37. The molecule has 3 atom stereocenters. The molecule has 2 aliphatic rings. The minimum Gasteiger partial charge on any atom is -0.396 e. The van der Waals surface area contributed by atoms with Crippen LogP contribution in [0.3, 0.4) is 0 Å². The second kappa shape index (κ2) is 7.33. The van der Waals surface area contributed by atoms with Crippen LogP contribution < -0.4 is 5.32 Å². The first-order valence-corrected chi connectivity index (χ1v) is 9.69. The van der Waals surface area contributed by atoms with Crippen LogP contribution in [0.2, 0.25) is 0 Å². The third-order valence-corrected chi connectivity index (χ3v) is 6.37. The normalized spacial score (nSPS) is 27.8. The molecule has 5 heteroatoms. The number of aliphatic hydroxyl groups is 1. The molecule has 0 amide bonds. The molecule has 2 aliphatic heterocycles. The summed E-state index contributed by atoms with van der Waals surface area (Å²) in [7, 11) is 0. The molecule has 0 spiro atoms. The van der Waals surface area contributed by atoms with Gasteiger partial charge in [-0.3, -0.25) is 4.90 Å². The number of fused-ring (bicyclic) bond motifs is 2. The highest BCUT2D eigenvalue weighted by atomic mass is 16.3. The SMILES string of the molecule is CC[C@@]1(CO)C[C@@H]2CC[C@H]1N2Cc1cnc(NCc2ccccc2)nc1. The molecule has 4 rings (SSSR count). The van der Waals surface area contributed by atoms with Gasteiger partial charge in [-0.25, -0.2) is 9.97 Å². The van der Waals surface area contributed by atoms with Crippen LogP contribution >= 0.6 is 0 Å². The molecule has 0 radical (unpaired) electrons. The first-order valence-electron chi connectivity index (χ1n) is 9.69. The number of hydrogen-bond donors (Lipinski definition) is 2. The van der Waals surface area contributed by atoms with E-state index in [4.69, 9.17) is 0 Å². The van der Waals surface area contributed by atoms with E-state index in [0.29, 0.717) is 24.6 Å². The fourth-order valence-electron chi connectivity index (χ4n) is 4.84. The molecule has 2 N–H and O–H groups in total. The number of anilines is 1. The highest BCUT2D eigenvalue weighted by Crippen LogP contribution is 2.51. The summed E-state index contributed by atoms with van der Waals surface area (Å²) in [5.74, 6) is 0.667. The monoisotopic (exact) mass is 352 g/mol. The lowest BCUT2D eigenvalue weighted by Crippen LogP contribution is -2.39. The minimum atomic E-state index is 0.0982. The van der Waals surface area contributed by atoms with Gasteiger partial charge in [-0.1, -0.05) is 37.3 Å². The van der Waals surface area contributed by atoms with Crippen molar-refractivity contribution in [2.45, 2.75) is 57.8 Å². The third kappa shape index (κ3) is 3.21. The second-order valence-corrected chi connectivity index (χ2v) is 7.75. The van der Waals surface area contributed by atoms with Crippen LogP contribution in [0.4, 0.5) is 5.95 Å². The van der Waals surface area contributed by atoms with Crippen LogP contribution in [0.5, 0.6) is 0 Å².